The molecule has 1 fully saturated rings. The van der Waals surface area contributed by atoms with Crippen LogP contribution in [0.4, 0.5) is 5.69 Å². The molecule has 140 valence electrons. The lowest BCUT2D eigenvalue weighted by atomic mass is 9.94. The molecule has 0 spiro atoms. The molecule has 1 N–H and O–H groups in total. The Morgan fingerprint density at radius 2 is 2.12 bits per heavy atom. The van der Waals surface area contributed by atoms with Gasteiger partial charge in [-0.25, -0.2) is 4.79 Å². The lowest BCUT2D eigenvalue weighted by molar-refractivity contribution is 0.0527. The van der Waals surface area contributed by atoms with E-state index in [-0.39, 0.29) is 17.3 Å². The summed E-state index contributed by atoms with van der Waals surface area (Å²) in [7, 11) is -0.780. The van der Waals surface area contributed by atoms with Crippen molar-refractivity contribution in [1.82, 2.24) is 4.98 Å². The molecule has 1 aromatic carbocycles. The summed E-state index contributed by atoms with van der Waals surface area (Å²) in [5.74, 6) is 0.335. The highest BCUT2D eigenvalue weighted by molar-refractivity contribution is 7.85. The Bertz CT molecular complexity index is 809. The van der Waals surface area contributed by atoms with Crippen LogP contribution >= 0.6 is 0 Å². The molecule has 1 heterocycles. The maximum atomic E-state index is 12.4. The molecule has 6 heteroatoms. The average molecular weight is 375 g/mol. The number of hydrogen-bond acceptors (Lipinski definition) is 5. The average Bonchev–Trinajstić information content (AvgIpc) is 2.68. The van der Waals surface area contributed by atoms with Gasteiger partial charge in [-0.05, 0) is 32.3 Å². The minimum Gasteiger partial charge on any atom is -0.462 e. The Kier molecular flexibility index (Phi) is 6.25. The Hall–Kier alpha value is -1.95. The van der Waals surface area contributed by atoms with Gasteiger partial charge in [-0.3, -0.25) is 9.19 Å². The van der Waals surface area contributed by atoms with Crippen LogP contribution < -0.4 is 5.32 Å². The van der Waals surface area contributed by atoms with E-state index in [1.807, 2.05) is 31.2 Å². The number of nitrogens with one attached hydrogen (secondary N) is 1. The molecular weight excluding hydrogens is 348 g/mol. The summed E-state index contributed by atoms with van der Waals surface area (Å²) in [6.07, 6.45) is 5.52. The molecule has 2 aromatic rings. The molecule has 0 aliphatic heterocycles. The second-order valence-corrected chi connectivity index (χ2v) is 8.59. The molecule has 5 nitrogen and oxygen atoms in total. The number of carbonyl (C=O) groups is 1. The first-order valence-corrected chi connectivity index (χ1v) is 10.7. The van der Waals surface area contributed by atoms with Crippen molar-refractivity contribution in [1.29, 1.82) is 0 Å². The van der Waals surface area contributed by atoms with Gasteiger partial charge in [0, 0.05) is 39.4 Å². The molecule has 1 aliphatic carbocycles. The third-order valence-corrected chi connectivity index (χ3v) is 6.64. The molecule has 26 heavy (non-hydrogen) atoms. The van der Waals surface area contributed by atoms with Crippen molar-refractivity contribution < 1.29 is 13.7 Å². The molecule has 0 amide bonds. The third kappa shape index (κ3) is 4.06. The Morgan fingerprint density at radius 3 is 2.88 bits per heavy atom. The summed E-state index contributed by atoms with van der Waals surface area (Å²) in [6.45, 7) is 4.10. The molecule has 1 aromatic heterocycles. The zero-order chi connectivity index (χ0) is 18.5. The van der Waals surface area contributed by atoms with Gasteiger partial charge in [-0.15, -0.1) is 0 Å². The number of nitrogens with zero attached hydrogens (tertiary/aromatic N) is 1. The van der Waals surface area contributed by atoms with E-state index in [0.29, 0.717) is 17.9 Å². The van der Waals surface area contributed by atoms with Crippen LogP contribution in [0.3, 0.4) is 0 Å². The molecule has 3 unspecified atom stereocenters. The Balaban J connectivity index is 1.93. The number of anilines is 1. The molecule has 1 saturated carbocycles. The number of para-hydroxylation sites is 1. The second-order valence-electron chi connectivity index (χ2n) is 6.58. The van der Waals surface area contributed by atoms with Crippen LogP contribution in [-0.2, 0) is 15.5 Å². The van der Waals surface area contributed by atoms with E-state index in [9.17, 15) is 9.00 Å². The van der Waals surface area contributed by atoms with Crippen molar-refractivity contribution in [2.75, 3.05) is 17.7 Å². The maximum Gasteiger partial charge on any atom is 0.341 e. The fraction of sp³-hybridized carbons (Fsp3) is 0.500. The fourth-order valence-electron chi connectivity index (χ4n) is 3.62. The number of aromatic nitrogens is 1. The van der Waals surface area contributed by atoms with Crippen LogP contribution in [0.5, 0.6) is 0 Å². The first-order chi connectivity index (χ1) is 12.6. The number of esters is 1. The number of benzene rings is 1. The Labute approximate surface area is 157 Å². The summed E-state index contributed by atoms with van der Waals surface area (Å²) >= 11 is 0. The molecule has 0 bridgehead atoms. The summed E-state index contributed by atoms with van der Waals surface area (Å²) in [4.78, 5) is 16.8. The van der Waals surface area contributed by atoms with Gasteiger partial charge in [0.15, 0.2) is 0 Å². The number of ether oxygens (including phenoxy) is 1. The number of rotatable bonds is 6. The van der Waals surface area contributed by atoms with Crippen LogP contribution in [0.25, 0.3) is 10.9 Å². The minimum atomic E-state index is -0.780. The first kappa shape index (κ1) is 18.8. The normalized spacial score (nSPS) is 21.3. The standard InChI is InChI=1S/C20H26N2O3S/c1-3-25-20(23)17-13-21-18-11-6-5-10-16(18)19(17)22-14-8-7-9-15(12-14)26(24)4-2/h5-6,10-11,13-15H,3-4,7-9,12H2,1-2H3,(H,21,22). The van der Waals surface area contributed by atoms with Crippen molar-refractivity contribution in [3.8, 4) is 0 Å². The predicted octanol–water partition coefficient (Wildman–Crippen LogP) is 3.90. The largest absolute Gasteiger partial charge is 0.462 e. The predicted molar refractivity (Wildman–Crippen MR) is 106 cm³/mol. The van der Waals surface area contributed by atoms with E-state index in [4.69, 9.17) is 4.74 Å². The van der Waals surface area contributed by atoms with Gasteiger partial charge in [-0.1, -0.05) is 31.5 Å². The summed E-state index contributed by atoms with van der Waals surface area (Å²) < 4.78 is 17.5. The fourth-order valence-corrected chi connectivity index (χ4v) is 4.96. The summed E-state index contributed by atoms with van der Waals surface area (Å²) in [6, 6.07) is 7.98. The highest BCUT2D eigenvalue weighted by Gasteiger charge is 2.27. The lowest BCUT2D eigenvalue weighted by Gasteiger charge is -2.30. The molecule has 1 aliphatic rings. The van der Waals surface area contributed by atoms with E-state index in [0.717, 1.165) is 42.3 Å². The van der Waals surface area contributed by atoms with Gasteiger partial charge < -0.3 is 10.1 Å². The highest BCUT2D eigenvalue weighted by Crippen LogP contribution is 2.31. The number of pyridine rings is 1. The molecular formula is C20H26N2O3S. The molecule has 3 atom stereocenters. The van der Waals surface area contributed by atoms with Crippen LogP contribution in [-0.4, -0.2) is 38.8 Å². The van der Waals surface area contributed by atoms with Gasteiger partial charge in [0.05, 0.1) is 17.8 Å². The van der Waals surface area contributed by atoms with Gasteiger partial charge in [0.1, 0.15) is 5.56 Å². The quantitative estimate of drug-likeness (QED) is 0.777. The molecule has 0 saturated heterocycles. The van der Waals surface area contributed by atoms with Crippen LogP contribution in [0.15, 0.2) is 30.5 Å². The van der Waals surface area contributed by atoms with Crippen LogP contribution in [0.1, 0.15) is 49.9 Å². The monoisotopic (exact) mass is 374 g/mol. The topological polar surface area (TPSA) is 68.3 Å². The SMILES string of the molecule is CCOC(=O)c1cnc2ccccc2c1NC1CCCC(S(=O)CC)C1. The van der Waals surface area contributed by atoms with E-state index < -0.39 is 10.8 Å². The van der Waals surface area contributed by atoms with Crippen molar-refractivity contribution in [2.24, 2.45) is 0 Å². The van der Waals surface area contributed by atoms with Crippen molar-refractivity contribution in [2.45, 2.75) is 50.8 Å². The summed E-state index contributed by atoms with van der Waals surface area (Å²) in [5.41, 5.74) is 2.08. The highest BCUT2D eigenvalue weighted by atomic mass is 32.2. The summed E-state index contributed by atoms with van der Waals surface area (Å²) in [5, 5.41) is 4.71. The van der Waals surface area contributed by atoms with Gasteiger partial charge >= 0.3 is 5.97 Å². The Morgan fingerprint density at radius 1 is 1.31 bits per heavy atom. The minimum absolute atomic E-state index is 0.197. The third-order valence-electron chi connectivity index (χ3n) is 4.90. The van der Waals surface area contributed by atoms with E-state index >= 15 is 0 Å². The van der Waals surface area contributed by atoms with Gasteiger partial charge in [-0.2, -0.15) is 0 Å². The first-order valence-electron chi connectivity index (χ1n) is 9.32. The van der Waals surface area contributed by atoms with Crippen LogP contribution in [0, 0.1) is 0 Å². The number of carbonyl (C=O) groups excluding carboxylic acids is 1. The van der Waals surface area contributed by atoms with Crippen molar-refractivity contribution in [3.63, 3.8) is 0 Å². The molecule has 3 rings (SSSR count). The smallest absolute Gasteiger partial charge is 0.341 e. The van der Waals surface area contributed by atoms with E-state index in [2.05, 4.69) is 10.3 Å². The van der Waals surface area contributed by atoms with E-state index in [1.54, 1.807) is 13.1 Å². The number of fused-ring (bicyclic) bond motifs is 1. The second kappa shape index (κ2) is 8.62. The maximum absolute atomic E-state index is 12.4. The van der Waals surface area contributed by atoms with Crippen molar-refractivity contribution in [3.05, 3.63) is 36.0 Å². The molecule has 0 radical (unpaired) electrons. The van der Waals surface area contributed by atoms with Crippen molar-refractivity contribution >= 4 is 33.4 Å². The zero-order valence-corrected chi connectivity index (χ0v) is 16.2. The lowest BCUT2D eigenvalue weighted by Crippen LogP contribution is -2.33. The van der Waals surface area contributed by atoms with Crippen LogP contribution in [0.2, 0.25) is 0 Å². The van der Waals surface area contributed by atoms with E-state index in [1.165, 1.54) is 0 Å². The van der Waals surface area contributed by atoms with Gasteiger partial charge in [0.25, 0.3) is 0 Å². The van der Waals surface area contributed by atoms with Gasteiger partial charge in [0.2, 0.25) is 0 Å². The zero-order valence-electron chi connectivity index (χ0n) is 15.4. The number of hydrogen-bond donors (Lipinski definition) is 1.